The fraction of sp³-hybridized carbons (Fsp3) is 0.200. The number of nitrogens with one attached hydrogen (secondary N) is 3. The summed E-state index contributed by atoms with van der Waals surface area (Å²) < 4.78 is 35.6. The fourth-order valence-electron chi connectivity index (χ4n) is 4.01. The van der Waals surface area contributed by atoms with Gasteiger partial charge in [-0.1, -0.05) is 13.8 Å². The Kier molecular flexibility index (Phi) is 8.96. The number of nitrogens with zero attached hydrogens (tertiary/aromatic N) is 2. The van der Waals surface area contributed by atoms with Gasteiger partial charge in [-0.3, -0.25) is 19.6 Å². The van der Waals surface area contributed by atoms with Crippen LogP contribution >= 0.6 is 0 Å². The molecule has 10 nitrogen and oxygen atoms in total. The zero-order chi connectivity index (χ0) is 30.6. The number of aliphatic hydroxyl groups is 1. The van der Waals surface area contributed by atoms with Crippen molar-refractivity contribution in [1.29, 1.82) is 5.41 Å². The summed E-state index contributed by atoms with van der Waals surface area (Å²) in [6.07, 6.45) is 2.94. The molecule has 0 saturated carbocycles. The molecule has 1 amide bonds. The maximum absolute atomic E-state index is 15.1. The summed E-state index contributed by atoms with van der Waals surface area (Å²) in [5.41, 5.74) is 6.36. The van der Waals surface area contributed by atoms with Gasteiger partial charge in [0.25, 0.3) is 11.5 Å². The third-order valence-electron chi connectivity index (χ3n) is 6.32. The van der Waals surface area contributed by atoms with E-state index in [0.717, 1.165) is 6.07 Å². The molecule has 1 atom stereocenters. The SMILES string of the molecule is CC(C)c1cc(C(=O)Nc2ccc(Oc3ccnc(N)c3C(=N)N[C@H](C)CO)c(F)c2)c(=O)n(-c2ccc(F)cc2)c1. The van der Waals surface area contributed by atoms with Crippen molar-refractivity contribution in [2.75, 3.05) is 17.7 Å². The Bertz CT molecular complexity index is 1690. The van der Waals surface area contributed by atoms with E-state index in [4.69, 9.17) is 15.9 Å². The minimum Gasteiger partial charge on any atom is -0.453 e. The van der Waals surface area contributed by atoms with Crippen LogP contribution < -0.4 is 26.7 Å². The molecule has 0 aliphatic heterocycles. The van der Waals surface area contributed by atoms with E-state index in [9.17, 15) is 19.1 Å². The molecule has 4 rings (SSSR count). The molecule has 0 unspecified atom stereocenters. The molecule has 2 aromatic carbocycles. The van der Waals surface area contributed by atoms with Gasteiger partial charge >= 0.3 is 0 Å². The fourth-order valence-corrected chi connectivity index (χ4v) is 4.01. The van der Waals surface area contributed by atoms with Crippen LogP contribution in [0, 0.1) is 17.0 Å². The van der Waals surface area contributed by atoms with Crippen molar-refractivity contribution >= 4 is 23.2 Å². The van der Waals surface area contributed by atoms with Gasteiger partial charge in [0, 0.05) is 41.9 Å². The Morgan fingerprint density at radius 2 is 1.81 bits per heavy atom. The van der Waals surface area contributed by atoms with Crippen molar-refractivity contribution in [3.05, 3.63) is 106 Å². The second-order valence-electron chi connectivity index (χ2n) is 9.87. The molecule has 0 aliphatic carbocycles. The Labute approximate surface area is 240 Å². The summed E-state index contributed by atoms with van der Waals surface area (Å²) in [4.78, 5) is 30.4. The van der Waals surface area contributed by atoms with Crippen LogP contribution in [0.5, 0.6) is 11.5 Å². The van der Waals surface area contributed by atoms with Crippen LogP contribution in [0.1, 0.15) is 48.2 Å². The second kappa shape index (κ2) is 12.6. The van der Waals surface area contributed by atoms with Crippen molar-refractivity contribution in [2.45, 2.75) is 32.7 Å². The summed E-state index contributed by atoms with van der Waals surface area (Å²) in [5.74, 6) is -2.46. The van der Waals surface area contributed by atoms with Crippen molar-refractivity contribution < 1.29 is 23.4 Å². The first-order chi connectivity index (χ1) is 20.0. The number of carbonyl (C=O) groups excluding carboxylic acids is 1. The van der Waals surface area contributed by atoms with E-state index in [1.165, 1.54) is 59.3 Å². The number of amides is 1. The van der Waals surface area contributed by atoms with Crippen molar-refractivity contribution in [2.24, 2.45) is 0 Å². The molecule has 6 N–H and O–H groups in total. The van der Waals surface area contributed by atoms with E-state index in [1.807, 2.05) is 13.8 Å². The normalized spacial score (nSPS) is 11.7. The quantitative estimate of drug-likeness (QED) is 0.145. The highest BCUT2D eigenvalue weighted by Crippen LogP contribution is 2.31. The topological polar surface area (TPSA) is 155 Å². The predicted octanol–water partition coefficient (Wildman–Crippen LogP) is 4.56. The smallest absolute Gasteiger partial charge is 0.267 e. The van der Waals surface area contributed by atoms with Crippen molar-refractivity contribution in [1.82, 2.24) is 14.9 Å². The first-order valence-electron chi connectivity index (χ1n) is 13.0. The molecule has 12 heteroatoms. The average Bonchev–Trinajstić information content (AvgIpc) is 2.94. The van der Waals surface area contributed by atoms with Crippen LogP contribution in [-0.4, -0.2) is 39.0 Å². The molecular weight excluding hydrogens is 546 g/mol. The number of amidine groups is 1. The first kappa shape index (κ1) is 29.9. The number of nitrogen functional groups attached to an aromatic ring is 1. The molecule has 2 heterocycles. The summed E-state index contributed by atoms with van der Waals surface area (Å²) >= 11 is 0. The second-order valence-corrected chi connectivity index (χ2v) is 9.87. The molecular formula is C30H30F2N6O4. The lowest BCUT2D eigenvalue weighted by Crippen LogP contribution is -2.35. The maximum Gasteiger partial charge on any atom is 0.267 e. The van der Waals surface area contributed by atoms with Crippen molar-refractivity contribution in [3.8, 4) is 17.2 Å². The minimum atomic E-state index is -0.836. The van der Waals surface area contributed by atoms with E-state index in [2.05, 4.69) is 15.6 Å². The Balaban J connectivity index is 1.60. The van der Waals surface area contributed by atoms with Gasteiger partial charge in [-0.2, -0.15) is 0 Å². The third-order valence-corrected chi connectivity index (χ3v) is 6.32. The number of halogens is 2. The molecule has 0 bridgehead atoms. The largest absolute Gasteiger partial charge is 0.453 e. The van der Waals surface area contributed by atoms with Crippen molar-refractivity contribution in [3.63, 3.8) is 0 Å². The van der Waals surface area contributed by atoms with Crippen LogP contribution in [0.3, 0.4) is 0 Å². The Morgan fingerprint density at radius 1 is 1.10 bits per heavy atom. The van der Waals surface area contributed by atoms with Gasteiger partial charge in [-0.25, -0.2) is 13.8 Å². The highest BCUT2D eigenvalue weighted by molar-refractivity contribution is 6.04. The number of aromatic nitrogens is 2. The number of pyridine rings is 2. The van der Waals surface area contributed by atoms with Gasteiger partial charge in [0.1, 0.15) is 34.3 Å². The standard InChI is InChI=1S/C30H30F2N6O4/c1-16(2)18-12-22(30(41)38(14-18)21-7-4-19(31)5-8-21)29(40)37-20-6-9-24(23(32)13-20)42-25-10-11-35-27(33)26(25)28(34)36-17(3)15-39/h4-14,16-17,39H,15H2,1-3H3,(H2,33,35)(H2,34,36)(H,37,40)/t17-/m1/s1. The van der Waals surface area contributed by atoms with Gasteiger partial charge in [-0.05, 0) is 60.9 Å². The monoisotopic (exact) mass is 576 g/mol. The first-order valence-corrected chi connectivity index (χ1v) is 13.0. The lowest BCUT2D eigenvalue weighted by atomic mass is 10.0. The van der Waals surface area contributed by atoms with Gasteiger partial charge in [0.15, 0.2) is 11.6 Å². The van der Waals surface area contributed by atoms with Gasteiger partial charge in [0.05, 0.1) is 6.61 Å². The van der Waals surface area contributed by atoms with Crippen LogP contribution in [0.2, 0.25) is 0 Å². The number of hydrogen-bond acceptors (Lipinski definition) is 7. The summed E-state index contributed by atoms with van der Waals surface area (Å²) in [6.45, 7) is 5.22. The predicted molar refractivity (Wildman–Crippen MR) is 156 cm³/mol. The lowest BCUT2D eigenvalue weighted by molar-refractivity contribution is 0.102. The summed E-state index contributed by atoms with van der Waals surface area (Å²) in [6, 6.07) is 11.4. The number of carbonyl (C=O) groups is 1. The molecule has 0 spiro atoms. The minimum absolute atomic E-state index is 0.0330. The lowest BCUT2D eigenvalue weighted by Gasteiger charge is -2.18. The molecule has 42 heavy (non-hydrogen) atoms. The van der Waals surface area contributed by atoms with Gasteiger partial charge < -0.3 is 26.2 Å². The third kappa shape index (κ3) is 6.61. The molecule has 4 aromatic rings. The van der Waals surface area contributed by atoms with E-state index >= 15 is 4.39 Å². The van der Waals surface area contributed by atoms with E-state index in [-0.39, 0.29) is 52.5 Å². The Morgan fingerprint density at radius 3 is 2.45 bits per heavy atom. The number of anilines is 2. The van der Waals surface area contributed by atoms with Crippen LogP contribution in [0.4, 0.5) is 20.3 Å². The van der Waals surface area contributed by atoms with E-state index in [1.54, 1.807) is 13.1 Å². The van der Waals surface area contributed by atoms with Crippen LogP contribution in [-0.2, 0) is 0 Å². The zero-order valence-electron chi connectivity index (χ0n) is 23.1. The van der Waals surface area contributed by atoms with Crippen LogP contribution in [0.15, 0.2) is 71.8 Å². The number of hydrogen-bond donors (Lipinski definition) is 5. The number of nitrogens with two attached hydrogens (primary N) is 1. The van der Waals surface area contributed by atoms with E-state index < -0.39 is 29.1 Å². The summed E-state index contributed by atoms with van der Waals surface area (Å²) in [5, 5.41) is 22.9. The number of rotatable bonds is 9. The summed E-state index contributed by atoms with van der Waals surface area (Å²) in [7, 11) is 0. The number of ether oxygens (including phenoxy) is 1. The van der Waals surface area contributed by atoms with E-state index in [0.29, 0.717) is 11.3 Å². The molecule has 0 radical (unpaired) electrons. The van der Waals surface area contributed by atoms with Crippen LogP contribution in [0.25, 0.3) is 5.69 Å². The zero-order valence-corrected chi connectivity index (χ0v) is 23.1. The maximum atomic E-state index is 15.1. The average molecular weight is 577 g/mol. The van der Waals surface area contributed by atoms with Gasteiger partial charge in [-0.15, -0.1) is 0 Å². The Hall–Kier alpha value is -5.10. The molecule has 2 aromatic heterocycles. The molecule has 0 saturated heterocycles. The number of aliphatic hydroxyl groups excluding tert-OH is 1. The molecule has 0 fully saturated rings. The van der Waals surface area contributed by atoms with Gasteiger partial charge in [0.2, 0.25) is 0 Å². The molecule has 218 valence electrons. The molecule has 0 aliphatic rings. The highest BCUT2D eigenvalue weighted by atomic mass is 19.1. The highest BCUT2D eigenvalue weighted by Gasteiger charge is 2.20. The number of benzene rings is 2.